The summed E-state index contributed by atoms with van der Waals surface area (Å²) in [6.45, 7) is 28.1. The summed E-state index contributed by atoms with van der Waals surface area (Å²) >= 11 is 0. The summed E-state index contributed by atoms with van der Waals surface area (Å²) in [6, 6.07) is -0.530. The fourth-order valence-corrected chi connectivity index (χ4v) is 9.91. The molecule has 54 heavy (non-hydrogen) atoms. The first-order valence-corrected chi connectivity index (χ1v) is 23.3. The highest BCUT2D eigenvalue weighted by molar-refractivity contribution is 5.76. The van der Waals surface area contributed by atoms with E-state index in [4.69, 9.17) is 14.2 Å². The van der Waals surface area contributed by atoms with Crippen molar-refractivity contribution in [2.24, 2.45) is 47.3 Å². The number of rotatable bonds is 27. The lowest BCUT2D eigenvalue weighted by Crippen LogP contribution is -2.58. The van der Waals surface area contributed by atoms with Crippen molar-refractivity contribution in [2.75, 3.05) is 6.61 Å². The minimum atomic E-state index is -0.822. The first kappa shape index (κ1) is 49.2. The van der Waals surface area contributed by atoms with E-state index in [1.807, 2.05) is 6.08 Å². The number of aliphatic hydroxyl groups excluding tert-OH is 1. The van der Waals surface area contributed by atoms with Crippen LogP contribution in [0.1, 0.15) is 199 Å². The molecule has 0 saturated carbocycles. The van der Waals surface area contributed by atoms with E-state index in [0.29, 0.717) is 47.8 Å². The predicted octanol–water partition coefficient (Wildman–Crippen LogP) is 12.5. The largest absolute Gasteiger partial charge is 0.387 e. The van der Waals surface area contributed by atoms with E-state index in [1.54, 1.807) is 6.08 Å². The number of amides is 1. The molecule has 0 spiro atoms. The second-order valence-electron chi connectivity index (χ2n) is 18.5. The molecule has 14 atom stereocenters. The number of allylic oxidation sites excluding steroid dienone is 1. The van der Waals surface area contributed by atoms with Gasteiger partial charge in [0.1, 0.15) is 0 Å². The van der Waals surface area contributed by atoms with Crippen LogP contribution in [0.15, 0.2) is 12.2 Å². The molecular formula is C48H91NO5. The van der Waals surface area contributed by atoms with Crippen molar-refractivity contribution in [3.05, 3.63) is 12.2 Å². The molecule has 14 unspecified atom stereocenters. The Labute approximate surface area is 335 Å². The van der Waals surface area contributed by atoms with Crippen LogP contribution >= 0.6 is 0 Å². The van der Waals surface area contributed by atoms with Gasteiger partial charge in [-0.25, -0.2) is 0 Å². The molecule has 6 nitrogen and oxygen atoms in total. The van der Waals surface area contributed by atoms with Gasteiger partial charge in [0, 0.05) is 12.3 Å². The Morgan fingerprint density at radius 3 is 1.96 bits per heavy atom. The van der Waals surface area contributed by atoms with E-state index in [9.17, 15) is 9.90 Å². The average molecular weight is 762 g/mol. The molecule has 0 bridgehead atoms. The van der Waals surface area contributed by atoms with Crippen molar-refractivity contribution in [1.82, 2.24) is 5.32 Å². The van der Waals surface area contributed by atoms with E-state index in [0.717, 1.165) is 32.1 Å². The third kappa shape index (κ3) is 15.4. The van der Waals surface area contributed by atoms with Crippen LogP contribution in [-0.4, -0.2) is 53.9 Å². The molecule has 2 fully saturated rings. The lowest BCUT2D eigenvalue weighted by atomic mass is 9.62. The fourth-order valence-electron chi connectivity index (χ4n) is 9.91. The smallest absolute Gasteiger partial charge is 0.220 e. The molecule has 2 aliphatic rings. The minimum absolute atomic E-state index is 0.00770. The molecule has 318 valence electrons. The van der Waals surface area contributed by atoms with Crippen molar-refractivity contribution in [1.29, 1.82) is 0 Å². The average Bonchev–Trinajstić information content (AvgIpc) is 3.15. The van der Waals surface area contributed by atoms with Crippen molar-refractivity contribution in [2.45, 2.75) is 235 Å². The zero-order chi connectivity index (χ0) is 40.3. The lowest BCUT2D eigenvalue weighted by molar-refractivity contribution is -0.277. The number of nitrogens with one attached hydrogen (secondary N) is 1. The molecular weight excluding hydrogens is 671 g/mol. The molecule has 2 aliphatic heterocycles. The quantitative estimate of drug-likeness (QED) is 0.0644. The van der Waals surface area contributed by atoms with Gasteiger partial charge < -0.3 is 24.6 Å². The molecule has 2 rings (SSSR count). The standard InChI is InChI=1S/C48H91NO5/c1-13-17-19-20-21-22-23-24-25-26-27-28-29-31-44(51)49-41(42(50)30-18-14-2)33-52-47-39(10)45(38(9)43(16-4)53-47)40(11)48(12)32-35(6)37(8)46(54-48)36(7)34(5)15-3/h18,30,34-43,45-47,50H,13-17,19-29,31-33H2,1-12H3,(H,49,51)/b30-18+. The number of ether oxygens (including phenoxy) is 3. The normalized spacial score (nSPS) is 31.9. The van der Waals surface area contributed by atoms with Gasteiger partial charge in [-0.1, -0.05) is 172 Å². The minimum Gasteiger partial charge on any atom is -0.387 e. The second kappa shape index (κ2) is 26.1. The van der Waals surface area contributed by atoms with Gasteiger partial charge in [-0.05, 0) is 74.0 Å². The number of unbranched alkanes of at least 4 members (excludes halogenated alkanes) is 12. The second-order valence-corrected chi connectivity index (χ2v) is 18.5. The topological polar surface area (TPSA) is 77.0 Å². The Morgan fingerprint density at radius 2 is 1.43 bits per heavy atom. The van der Waals surface area contributed by atoms with E-state index in [-0.39, 0.29) is 36.2 Å². The SMILES string of the molecule is CC/C=C/C(O)C(COC1OC(CC)C(C)C(C(C)C2(C)CC(C)C(C)C(C(C)C(C)CC)O2)C1C)NC(=O)CCCCCCCCCCCCCCC. The third-order valence-corrected chi connectivity index (χ3v) is 14.4. The molecule has 0 radical (unpaired) electrons. The van der Waals surface area contributed by atoms with Gasteiger partial charge in [0.05, 0.1) is 36.6 Å². The molecule has 0 aliphatic carbocycles. The van der Waals surface area contributed by atoms with E-state index in [1.165, 1.54) is 77.0 Å². The monoisotopic (exact) mass is 762 g/mol. The maximum absolute atomic E-state index is 13.2. The maximum atomic E-state index is 13.2. The molecule has 0 aromatic carbocycles. The van der Waals surface area contributed by atoms with Crippen LogP contribution in [0.4, 0.5) is 0 Å². The van der Waals surface area contributed by atoms with Crippen LogP contribution in [0.3, 0.4) is 0 Å². The number of aliphatic hydroxyl groups is 1. The molecule has 0 aromatic rings. The number of carbonyl (C=O) groups excluding carboxylic acids is 1. The molecule has 2 heterocycles. The molecule has 2 N–H and O–H groups in total. The summed E-state index contributed by atoms with van der Waals surface area (Å²) in [5.41, 5.74) is -0.239. The van der Waals surface area contributed by atoms with Gasteiger partial charge in [-0.3, -0.25) is 4.79 Å². The number of hydrogen-bond acceptors (Lipinski definition) is 5. The Kier molecular flexibility index (Phi) is 23.8. The van der Waals surface area contributed by atoms with E-state index < -0.39 is 18.4 Å². The van der Waals surface area contributed by atoms with Crippen molar-refractivity contribution < 1.29 is 24.1 Å². The molecule has 1 amide bonds. The summed E-state index contributed by atoms with van der Waals surface area (Å²) in [4.78, 5) is 13.2. The van der Waals surface area contributed by atoms with Crippen LogP contribution in [0, 0.1) is 47.3 Å². The highest BCUT2D eigenvalue weighted by Gasteiger charge is 2.53. The summed E-state index contributed by atoms with van der Waals surface area (Å²) in [5, 5.41) is 14.3. The highest BCUT2D eigenvalue weighted by Crippen LogP contribution is 2.51. The van der Waals surface area contributed by atoms with Crippen LogP contribution in [0.25, 0.3) is 0 Å². The predicted molar refractivity (Wildman–Crippen MR) is 228 cm³/mol. The van der Waals surface area contributed by atoms with Gasteiger partial charge in [-0.2, -0.15) is 0 Å². The Balaban J connectivity index is 2.00. The molecule has 0 aromatic heterocycles. The van der Waals surface area contributed by atoms with Gasteiger partial charge in [-0.15, -0.1) is 0 Å². The summed E-state index contributed by atoms with van der Waals surface area (Å²) in [6.07, 6.45) is 23.9. The first-order chi connectivity index (χ1) is 25.8. The van der Waals surface area contributed by atoms with Crippen LogP contribution in [-0.2, 0) is 19.0 Å². The van der Waals surface area contributed by atoms with Crippen molar-refractivity contribution >= 4 is 5.91 Å². The Bertz CT molecular complexity index is 1020. The summed E-state index contributed by atoms with van der Waals surface area (Å²) in [5.74, 6) is 3.37. The van der Waals surface area contributed by atoms with Gasteiger partial charge in [0.15, 0.2) is 6.29 Å². The van der Waals surface area contributed by atoms with Crippen LogP contribution in [0.5, 0.6) is 0 Å². The number of carbonyl (C=O) groups is 1. The van der Waals surface area contributed by atoms with Gasteiger partial charge in [0.2, 0.25) is 5.91 Å². The Hall–Kier alpha value is -0.950. The number of hydrogen-bond donors (Lipinski definition) is 2. The van der Waals surface area contributed by atoms with E-state index in [2.05, 4.69) is 88.4 Å². The van der Waals surface area contributed by atoms with Crippen LogP contribution in [0.2, 0.25) is 0 Å². The zero-order valence-corrected chi connectivity index (χ0v) is 37.7. The van der Waals surface area contributed by atoms with Crippen LogP contribution < -0.4 is 5.32 Å². The summed E-state index contributed by atoms with van der Waals surface area (Å²) in [7, 11) is 0. The van der Waals surface area contributed by atoms with Crippen molar-refractivity contribution in [3.63, 3.8) is 0 Å². The molecule has 6 heteroatoms. The Morgan fingerprint density at radius 1 is 0.852 bits per heavy atom. The molecule has 2 saturated heterocycles. The first-order valence-electron chi connectivity index (χ1n) is 23.3. The van der Waals surface area contributed by atoms with Gasteiger partial charge in [0.25, 0.3) is 0 Å². The van der Waals surface area contributed by atoms with E-state index >= 15 is 0 Å². The summed E-state index contributed by atoms with van der Waals surface area (Å²) < 4.78 is 20.6. The lowest BCUT2D eigenvalue weighted by Gasteiger charge is -2.56. The fraction of sp³-hybridized carbons (Fsp3) is 0.938. The van der Waals surface area contributed by atoms with Crippen molar-refractivity contribution in [3.8, 4) is 0 Å². The third-order valence-electron chi connectivity index (χ3n) is 14.4. The highest BCUT2D eigenvalue weighted by atomic mass is 16.7. The zero-order valence-electron chi connectivity index (χ0n) is 37.7. The maximum Gasteiger partial charge on any atom is 0.220 e. The van der Waals surface area contributed by atoms with Gasteiger partial charge >= 0.3 is 0 Å².